The van der Waals surface area contributed by atoms with Gasteiger partial charge in [0.1, 0.15) is 0 Å². The van der Waals surface area contributed by atoms with Crippen LogP contribution in [0.1, 0.15) is 39.7 Å². The third-order valence-corrected chi connectivity index (χ3v) is 3.58. The first-order chi connectivity index (χ1) is 7.83. The number of hydrogen-bond donors (Lipinski definition) is 2. The van der Waals surface area contributed by atoms with Gasteiger partial charge in [0.05, 0.1) is 5.60 Å². The summed E-state index contributed by atoms with van der Waals surface area (Å²) in [6.07, 6.45) is 2.17. The molecular formula is C15H25NO. The summed E-state index contributed by atoms with van der Waals surface area (Å²) in [5, 5.41) is 13.4. The van der Waals surface area contributed by atoms with Gasteiger partial charge in [-0.1, -0.05) is 30.3 Å². The number of nitrogens with one attached hydrogen (secondary N) is 1. The van der Waals surface area contributed by atoms with E-state index in [1.54, 1.807) is 0 Å². The number of aryl methyl sites for hydroxylation is 1. The van der Waals surface area contributed by atoms with Gasteiger partial charge in [0, 0.05) is 5.54 Å². The highest BCUT2D eigenvalue weighted by Crippen LogP contribution is 2.20. The number of rotatable bonds is 6. The van der Waals surface area contributed by atoms with E-state index in [9.17, 15) is 5.11 Å². The minimum absolute atomic E-state index is 0.260. The molecule has 0 radical (unpaired) electrons. The molecule has 0 amide bonds. The van der Waals surface area contributed by atoms with Crippen molar-refractivity contribution in [2.24, 2.45) is 0 Å². The second-order valence-corrected chi connectivity index (χ2v) is 5.70. The summed E-state index contributed by atoms with van der Waals surface area (Å²) < 4.78 is 0. The first-order valence-electron chi connectivity index (χ1n) is 6.34. The maximum atomic E-state index is 10.00. The van der Waals surface area contributed by atoms with Gasteiger partial charge in [0.25, 0.3) is 0 Å². The molecule has 0 spiro atoms. The fourth-order valence-electron chi connectivity index (χ4n) is 1.55. The first-order valence-corrected chi connectivity index (χ1v) is 6.34. The van der Waals surface area contributed by atoms with Crippen molar-refractivity contribution in [3.05, 3.63) is 35.9 Å². The summed E-state index contributed by atoms with van der Waals surface area (Å²) in [4.78, 5) is 0. The van der Waals surface area contributed by atoms with Crippen LogP contribution < -0.4 is 5.32 Å². The summed E-state index contributed by atoms with van der Waals surface area (Å²) in [5.41, 5.74) is 0.402. The van der Waals surface area contributed by atoms with Crippen molar-refractivity contribution in [2.45, 2.75) is 51.7 Å². The van der Waals surface area contributed by atoms with Crippen LogP contribution in [0.2, 0.25) is 0 Å². The van der Waals surface area contributed by atoms with Gasteiger partial charge >= 0.3 is 0 Å². The Hall–Kier alpha value is -0.860. The lowest BCUT2D eigenvalue weighted by Gasteiger charge is -2.38. The van der Waals surface area contributed by atoms with Crippen LogP contribution in [0.25, 0.3) is 0 Å². The van der Waals surface area contributed by atoms with Crippen LogP contribution in [0.15, 0.2) is 30.3 Å². The molecule has 0 heterocycles. The van der Waals surface area contributed by atoms with Crippen LogP contribution in [0, 0.1) is 0 Å². The fraction of sp³-hybridized carbons (Fsp3) is 0.600. The topological polar surface area (TPSA) is 32.3 Å². The SMILES string of the molecule is CC(C)(O)C(C)(C)NCCCc1ccccc1. The Kier molecular flexibility index (Phi) is 4.72. The van der Waals surface area contributed by atoms with Crippen molar-refractivity contribution in [1.29, 1.82) is 0 Å². The number of aliphatic hydroxyl groups is 1. The molecule has 0 saturated heterocycles. The molecular weight excluding hydrogens is 210 g/mol. The Morgan fingerprint density at radius 2 is 1.65 bits per heavy atom. The van der Waals surface area contributed by atoms with E-state index in [0.29, 0.717) is 0 Å². The summed E-state index contributed by atoms with van der Waals surface area (Å²) in [7, 11) is 0. The summed E-state index contributed by atoms with van der Waals surface area (Å²) in [6.45, 7) is 8.69. The maximum Gasteiger partial charge on any atom is 0.0767 e. The first kappa shape index (κ1) is 14.2. The average molecular weight is 235 g/mol. The van der Waals surface area contributed by atoms with Gasteiger partial charge in [-0.2, -0.15) is 0 Å². The van der Waals surface area contributed by atoms with E-state index in [0.717, 1.165) is 19.4 Å². The monoisotopic (exact) mass is 235 g/mol. The van der Waals surface area contributed by atoms with E-state index in [4.69, 9.17) is 0 Å². The van der Waals surface area contributed by atoms with E-state index >= 15 is 0 Å². The quantitative estimate of drug-likeness (QED) is 0.743. The van der Waals surface area contributed by atoms with E-state index in [-0.39, 0.29) is 5.54 Å². The molecule has 0 unspecified atom stereocenters. The van der Waals surface area contributed by atoms with Gasteiger partial charge in [-0.15, -0.1) is 0 Å². The van der Waals surface area contributed by atoms with E-state index in [2.05, 4.69) is 29.6 Å². The molecule has 1 aromatic rings. The van der Waals surface area contributed by atoms with Gasteiger partial charge in [0.2, 0.25) is 0 Å². The van der Waals surface area contributed by atoms with Crippen molar-refractivity contribution in [3.63, 3.8) is 0 Å². The lowest BCUT2D eigenvalue weighted by atomic mass is 9.86. The second-order valence-electron chi connectivity index (χ2n) is 5.70. The minimum Gasteiger partial charge on any atom is -0.389 e. The standard InChI is InChI=1S/C15H25NO/c1-14(2,15(3,4)17)16-12-8-11-13-9-6-5-7-10-13/h5-7,9-10,16-17H,8,11-12H2,1-4H3. The zero-order valence-corrected chi connectivity index (χ0v) is 11.5. The average Bonchev–Trinajstić information content (AvgIpc) is 2.24. The van der Waals surface area contributed by atoms with Crippen molar-refractivity contribution >= 4 is 0 Å². The normalized spacial score (nSPS) is 12.8. The molecule has 0 bridgehead atoms. The fourth-order valence-corrected chi connectivity index (χ4v) is 1.55. The van der Waals surface area contributed by atoms with Crippen LogP contribution >= 0.6 is 0 Å². The zero-order valence-electron chi connectivity index (χ0n) is 11.5. The summed E-state index contributed by atoms with van der Waals surface area (Å²) in [5.74, 6) is 0. The lowest BCUT2D eigenvalue weighted by Crippen LogP contribution is -2.56. The molecule has 0 aromatic heterocycles. The molecule has 2 nitrogen and oxygen atoms in total. The molecule has 1 rings (SSSR count). The predicted molar refractivity (Wildman–Crippen MR) is 73.1 cm³/mol. The molecule has 0 aliphatic heterocycles. The molecule has 0 aliphatic carbocycles. The van der Waals surface area contributed by atoms with Gasteiger partial charge in [-0.3, -0.25) is 0 Å². The third-order valence-electron chi connectivity index (χ3n) is 3.58. The van der Waals surface area contributed by atoms with Crippen LogP contribution in [0.3, 0.4) is 0 Å². The van der Waals surface area contributed by atoms with Crippen LogP contribution in [0.5, 0.6) is 0 Å². The smallest absolute Gasteiger partial charge is 0.0767 e. The highest BCUT2D eigenvalue weighted by atomic mass is 16.3. The predicted octanol–water partition coefficient (Wildman–Crippen LogP) is 2.76. The largest absolute Gasteiger partial charge is 0.389 e. The molecule has 2 N–H and O–H groups in total. The molecule has 1 aromatic carbocycles. The van der Waals surface area contributed by atoms with Crippen molar-refractivity contribution in [2.75, 3.05) is 6.54 Å². The van der Waals surface area contributed by atoms with Crippen LogP contribution in [-0.2, 0) is 6.42 Å². The van der Waals surface area contributed by atoms with Crippen molar-refractivity contribution in [1.82, 2.24) is 5.32 Å². The van der Waals surface area contributed by atoms with Gasteiger partial charge in [-0.05, 0) is 52.6 Å². The molecule has 2 heteroatoms. The zero-order chi connectivity index (χ0) is 12.9. The maximum absolute atomic E-state index is 10.00. The Morgan fingerprint density at radius 3 is 2.18 bits per heavy atom. The number of benzene rings is 1. The Balaban J connectivity index is 2.30. The molecule has 96 valence electrons. The summed E-state index contributed by atoms with van der Waals surface area (Å²) >= 11 is 0. The molecule has 0 aliphatic rings. The molecule has 0 fully saturated rings. The van der Waals surface area contributed by atoms with Gasteiger partial charge in [-0.25, -0.2) is 0 Å². The van der Waals surface area contributed by atoms with Crippen LogP contribution in [0.4, 0.5) is 0 Å². The minimum atomic E-state index is -0.709. The Bertz CT molecular complexity index is 325. The Morgan fingerprint density at radius 1 is 1.06 bits per heavy atom. The lowest BCUT2D eigenvalue weighted by molar-refractivity contribution is -0.00433. The number of hydrogen-bond acceptors (Lipinski definition) is 2. The van der Waals surface area contributed by atoms with Crippen molar-refractivity contribution < 1.29 is 5.11 Å². The van der Waals surface area contributed by atoms with E-state index in [1.807, 2.05) is 33.8 Å². The third kappa shape index (κ3) is 4.49. The second kappa shape index (κ2) is 5.65. The molecule has 0 atom stereocenters. The van der Waals surface area contributed by atoms with E-state index < -0.39 is 5.60 Å². The summed E-state index contributed by atoms with van der Waals surface area (Å²) in [6, 6.07) is 10.5. The van der Waals surface area contributed by atoms with Crippen LogP contribution in [-0.4, -0.2) is 22.8 Å². The highest BCUT2D eigenvalue weighted by molar-refractivity contribution is 5.14. The molecule has 0 saturated carbocycles. The highest BCUT2D eigenvalue weighted by Gasteiger charge is 2.33. The van der Waals surface area contributed by atoms with E-state index in [1.165, 1.54) is 5.56 Å². The van der Waals surface area contributed by atoms with Gasteiger partial charge in [0.15, 0.2) is 0 Å². The molecule has 17 heavy (non-hydrogen) atoms. The Labute approximate surface area is 105 Å². The van der Waals surface area contributed by atoms with Gasteiger partial charge < -0.3 is 10.4 Å². The van der Waals surface area contributed by atoms with Crippen molar-refractivity contribution in [3.8, 4) is 0 Å².